The van der Waals surface area contributed by atoms with Crippen LogP contribution in [0.2, 0.25) is 0 Å². The molecule has 1 N–H and O–H groups in total. The number of nitrogens with one attached hydrogen (secondary N) is 1. The van der Waals surface area contributed by atoms with Crippen LogP contribution in [0.15, 0.2) is 17.5 Å². The lowest BCUT2D eigenvalue weighted by Gasteiger charge is -2.33. The fraction of sp³-hybridized carbons (Fsp3) is 0.550. The molecule has 3 rings (SSSR count). The Balaban J connectivity index is 1.52. The van der Waals surface area contributed by atoms with Crippen molar-refractivity contribution in [3.05, 3.63) is 27.4 Å². The first-order valence-electron chi connectivity index (χ1n) is 9.48. The van der Waals surface area contributed by atoms with Crippen LogP contribution in [0.3, 0.4) is 0 Å². The third kappa shape index (κ3) is 5.54. The number of piperidine rings is 1. The molecule has 0 saturated carbocycles. The second kappa shape index (κ2) is 8.61. The van der Waals surface area contributed by atoms with Crippen molar-refractivity contribution in [3.63, 3.8) is 0 Å². The highest BCUT2D eigenvalue weighted by atomic mass is 32.1. The van der Waals surface area contributed by atoms with Crippen LogP contribution in [0.4, 0.5) is 4.79 Å². The Hall–Kier alpha value is -1.93. The number of hydrogen-bond acceptors (Lipinski definition) is 6. The first kappa shape index (κ1) is 20.8. The van der Waals surface area contributed by atoms with E-state index in [1.165, 1.54) is 0 Å². The van der Waals surface area contributed by atoms with Crippen molar-refractivity contribution in [1.29, 1.82) is 0 Å². The molecule has 0 spiro atoms. The molecule has 1 unspecified atom stereocenters. The molecule has 3 heterocycles. The molecule has 1 aliphatic rings. The van der Waals surface area contributed by atoms with Gasteiger partial charge < -0.3 is 15.0 Å². The molecule has 6 nitrogen and oxygen atoms in total. The summed E-state index contributed by atoms with van der Waals surface area (Å²) < 4.78 is 5.43. The summed E-state index contributed by atoms with van der Waals surface area (Å²) in [6, 6.07) is 4.08. The first-order chi connectivity index (χ1) is 13.2. The molecule has 0 bridgehead atoms. The Labute approximate surface area is 173 Å². The van der Waals surface area contributed by atoms with Gasteiger partial charge in [0.2, 0.25) is 5.91 Å². The van der Waals surface area contributed by atoms with Crippen molar-refractivity contribution >= 4 is 34.7 Å². The number of carbonyl (C=O) groups excluding carboxylic acids is 2. The number of aromatic nitrogens is 1. The lowest BCUT2D eigenvalue weighted by molar-refractivity contribution is -0.126. The number of hydrogen-bond donors (Lipinski definition) is 1. The van der Waals surface area contributed by atoms with E-state index in [9.17, 15) is 9.59 Å². The minimum absolute atomic E-state index is 0.00675. The van der Waals surface area contributed by atoms with E-state index >= 15 is 0 Å². The average Bonchev–Trinajstić information content (AvgIpc) is 3.27. The predicted octanol–water partition coefficient (Wildman–Crippen LogP) is 4.44. The van der Waals surface area contributed by atoms with Gasteiger partial charge in [0, 0.05) is 23.3 Å². The van der Waals surface area contributed by atoms with Gasteiger partial charge >= 0.3 is 6.09 Å². The second-order valence-corrected chi connectivity index (χ2v) is 10.2. The molecule has 2 aromatic rings. The van der Waals surface area contributed by atoms with Crippen molar-refractivity contribution in [3.8, 4) is 10.6 Å². The number of carbonyl (C=O) groups is 2. The fourth-order valence-corrected chi connectivity index (χ4v) is 4.68. The van der Waals surface area contributed by atoms with E-state index in [4.69, 9.17) is 4.74 Å². The minimum atomic E-state index is -0.529. The molecule has 8 heteroatoms. The van der Waals surface area contributed by atoms with Crippen LogP contribution >= 0.6 is 22.7 Å². The summed E-state index contributed by atoms with van der Waals surface area (Å²) >= 11 is 3.28. The number of rotatable bonds is 4. The van der Waals surface area contributed by atoms with Crippen LogP contribution in [0.25, 0.3) is 10.6 Å². The highest BCUT2D eigenvalue weighted by molar-refractivity contribution is 7.16. The number of thiophene rings is 1. The maximum absolute atomic E-state index is 12.6. The Morgan fingerprint density at radius 1 is 1.36 bits per heavy atom. The number of nitrogens with zero attached hydrogens (tertiary/aromatic N) is 2. The van der Waals surface area contributed by atoms with E-state index in [0.717, 1.165) is 33.3 Å². The zero-order chi connectivity index (χ0) is 20.3. The van der Waals surface area contributed by atoms with Crippen LogP contribution < -0.4 is 5.32 Å². The van der Waals surface area contributed by atoms with Gasteiger partial charge in [-0.15, -0.1) is 22.7 Å². The number of thiazole rings is 1. The van der Waals surface area contributed by atoms with Crippen molar-refractivity contribution < 1.29 is 14.3 Å². The summed E-state index contributed by atoms with van der Waals surface area (Å²) in [6.07, 6.45) is 1.26. The lowest BCUT2D eigenvalue weighted by atomic mass is 9.97. The van der Waals surface area contributed by atoms with Gasteiger partial charge in [-0.2, -0.15) is 0 Å². The van der Waals surface area contributed by atoms with Gasteiger partial charge in [-0.1, -0.05) is 0 Å². The predicted molar refractivity (Wildman–Crippen MR) is 113 cm³/mol. The van der Waals surface area contributed by atoms with Crippen LogP contribution in [0.1, 0.15) is 43.5 Å². The van der Waals surface area contributed by atoms with Crippen LogP contribution in [0, 0.1) is 12.8 Å². The van der Waals surface area contributed by atoms with Gasteiger partial charge in [0.1, 0.15) is 5.60 Å². The van der Waals surface area contributed by atoms with Gasteiger partial charge in [0.25, 0.3) is 0 Å². The normalized spacial score (nSPS) is 17.4. The Morgan fingerprint density at radius 2 is 2.14 bits per heavy atom. The molecule has 1 fully saturated rings. The van der Waals surface area contributed by atoms with Gasteiger partial charge in [-0.05, 0) is 52.7 Å². The van der Waals surface area contributed by atoms with Crippen LogP contribution in [0.5, 0.6) is 0 Å². The lowest BCUT2D eigenvalue weighted by Crippen LogP contribution is -2.46. The van der Waals surface area contributed by atoms with Crippen LogP contribution in [-0.4, -0.2) is 40.6 Å². The van der Waals surface area contributed by atoms with Crippen molar-refractivity contribution in [2.75, 3.05) is 13.1 Å². The average molecular weight is 422 g/mol. The maximum atomic E-state index is 12.6. The quantitative estimate of drug-likeness (QED) is 0.792. The van der Waals surface area contributed by atoms with Crippen LogP contribution in [-0.2, 0) is 16.1 Å². The SMILES string of the molecule is Cc1nc(-c2ccc(CNC(=O)C3CCCN(C(=O)OC(C)(C)C)C3)s2)cs1. The number of aryl methyl sites for hydroxylation is 1. The number of amides is 2. The van der Waals surface area contributed by atoms with Gasteiger partial charge in [0.15, 0.2) is 0 Å². The fourth-order valence-electron chi connectivity index (χ4n) is 3.09. The molecule has 1 saturated heterocycles. The smallest absolute Gasteiger partial charge is 0.410 e. The molecular formula is C20H27N3O3S2. The molecule has 152 valence electrons. The van der Waals surface area contributed by atoms with E-state index < -0.39 is 5.60 Å². The highest BCUT2D eigenvalue weighted by Crippen LogP contribution is 2.29. The van der Waals surface area contributed by atoms with E-state index in [-0.39, 0.29) is 17.9 Å². The number of ether oxygens (including phenoxy) is 1. The monoisotopic (exact) mass is 421 g/mol. The topological polar surface area (TPSA) is 71.5 Å². The Bertz CT molecular complexity index is 838. The minimum Gasteiger partial charge on any atom is -0.444 e. The van der Waals surface area contributed by atoms with E-state index in [2.05, 4.69) is 15.7 Å². The summed E-state index contributed by atoms with van der Waals surface area (Å²) in [5.74, 6) is -0.199. The third-order valence-electron chi connectivity index (χ3n) is 4.41. The Morgan fingerprint density at radius 3 is 2.82 bits per heavy atom. The zero-order valence-corrected chi connectivity index (χ0v) is 18.4. The summed E-state index contributed by atoms with van der Waals surface area (Å²) in [4.78, 5) is 33.2. The van der Waals surface area contributed by atoms with Gasteiger partial charge in [-0.25, -0.2) is 9.78 Å². The van der Waals surface area contributed by atoms with E-state index in [1.54, 1.807) is 27.6 Å². The molecule has 28 heavy (non-hydrogen) atoms. The maximum Gasteiger partial charge on any atom is 0.410 e. The first-order valence-corrected chi connectivity index (χ1v) is 11.2. The molecule has 1 aliphatic heterocycles. The highest BCUT2D eigenvalue weighted by Gasteiger charge is 2.30. The van der Waals surface area contributed by atoms with Crippen molar-refractivity contribution in [2.45, 2.75) is 52.7 Å². The Kier molecular flexibility index (Phi) is 6.40. The summed E-state index contributed by atoms with van der Waals surface area (Å²) in [6.45, 7) is 9.08. The molecule has 0 aromatic carbocycles. The zero-order valence-electron chi connectivity index (χ0n) is 16.8. The standard InChI is InChI=1S/C20H27N3O3S2/c1-13-22-16(12-27-13)17-8-7-15(28-17)10-21-18(24)14-6-5-9-23(11-14)19(25)26-20(2,3)4/h7-8,12,14H,5-6,9-11H2,1-4H3,(H,21,24). The van der Waals surface area contributed by atoms with Gasteiger partial charge in [-0.3, -0.25) is 4.79 Å². The summed E-state index contributed by atoms with van der Waals surface area (Å²) in [5, 5.41) is 6.12. The number of likely N-dealkylation sites (tertiary alicyclic amines) is 1. The summed E-state index contributed by atoms with van der Waals surface area (Å²) in [5.41, 5.74) is 0.462. The van der Waals surface area contributed by atoms with Gasteiger partial charge in [0.05, 0.1) is 28.0 Å². The van der Waals surface area contributed by atoms with Crippen molar-refractivity contribution in [1.82, 2.24) is 15.2 Å². The molecule has 0 aliphatic carbocycles. The third-order valence-corrected chi connectivity index (χ3v) is 6.30. The largest absolute Gasteiger partial charge is 0.444 e. The molecule has 2 amide bonds. The molecule has 1 atom stereocenters. The second-order valence-electron chi connectivity index (χ2n) is 8.00. The summed E-state index contributed by atoms with van der Waals surface area (Å²) in [7, 11) is 0. The van der Waals surface area contributed by atoms with E-state index in [0.29, 0.717) is 19.6 Å². The molecule has 2 aromatic heterocycles. The van der Waals surface area contributed by atoms with Crippen molar-refractivity contribution in [2.24, 2.45) is 5.92 Å². The molecule has 0 radical (unpaired) electrons. The molecular weight excluding hydrogens is 394 g/mol. The van der Waals surface area contributed by atoms with E-state index in [1.807, 2.05) is 39.8 Å².